The fourth-order valence-corrected chi connectivity index (χ4v) is 1.60. The largest absolute Gasteiger partial charge is 0.398 e. The van der Waals surface area contributed by atoms with Crippen molar-refractivity contribution < 1.29 is 13.9 Å². The molecule has 1 unspecified atom stereocenters. The monoisotopic (exact) mass is 255 g/mol. The van der Waals surface area contributed by atoms with Gasteiger partial charge in [0.1, 0.15) is 5.82 Å². The summed E-state index contributed by atoms with van der Waals surface area (Å²) in [7, 11) is 1.57. The van der Waals surface area contributed by atoms with Gasteiger partial charge in [0.2, 0.25) is 0 Å². The Bertz CT molecular complexity index is 438. The van der Waals surface area contributed by atoms with Crippen LogP contribution in [0.4, 0.5) is 15.8 Å². The van der Waals surface area contributed by atoms with Gasteiger partial charge in [0.15, 0.2) is 0 Å². The third-order valence-corrected chi connectivity index (χ3v) is 2.62. The minimum atomic E-state index is -0.685. The van der Waals surface area contributed by atoms with Crippen LogP contribution in [-0.2, 0) is 4.74 Å². The highest BCUT2D eigenvalue weighted by atomic mass is 19.1. The normalized spacial score (nSPS) is 12.2. The standard InChI is InChI=1S/C12H18FN3O2/c1-3-7(6-18-2)16-11-4-8(12(15)17)10(14)5-9(11)13/h4-5,7,16H,3,6,14H2,1-2H3,(H2,15,17). The van der Waals surface area contributed by atoms with Crippen LogP contribution < -0.4 is 16.8 Å². The van der Waals surface area contributed by atoms with E-state index in [0.717, 1.165) is 12.5 Å². The van der Waals surface area contributed by atoms with E-state index in [1.54, 1.807) is 7.11 Å². The Morgan fingerprint density at radius 3 is 2.72 bits per heavy atom. The Morgan fingerprint density at radius 1 is 1.56 bits per heavy atom. The van der Waals surface area contributed by atoms with E-state index in [4.69, 9.17) is 16.2 Å². The maximum Gasteiger partial charge on any atom is 0.250 e. The molecule has 1 aromatic rings. The summed E-state index contributed by atoms with van der Waals surface area (Å²) in [6, 6.07) is 2.36. The van der Waals surface area contributed by atoms with Crippen LogP contribution in [0.2, 0.25) is 0 Å². The second-order valence-electron chi connectivity index (χ2n) is 3.99. The molecular weight excluding hydrogens is 237 g/mol. The predicted octanol–water partition coefficient (Wildman–Crippen LogP) is 1.34. The van der Waals surface area contributed by atoms with Gasteiger partial charge < -0.3 is 21.5 Å². The van der Waals surface area contributed by atoms with Crippen molar-refractivity contribution in [2.75, 3.05) is 24.8 Å². The first-order chi connectivity index (χ1) is 8.49. The number of methoxy groups -OCH3 is 1. The molecule has 0 spiro atoms. The number of primary amides is 1. The molecule has 0 aromatic heterocycles. The average Bonchev–Trinajstić information content (AvgIpc) is 2.31. The smallest absolute Gasteiger partial charge is 0.250 e. The molecule has 0 radical (unpaired) electrons. The van der Waals surface area contributed by atoms with E-state index in [-0.39, 0.29) is 23.0 Å². The molecule has 0 aliphatic heterocycles. The zero-order valence-corrected chi connectivity index (χ0v) is 10.5. The number of nitrogens with one attached hydrogen (secondary N) is 1. The Labute approximate surface area is 105 Å². The Morgan fingerprint density at radius 2 is 2.22 bits per heavy atom. The second kappa shape index (κ2) is 6.20. The van der Waals surface area contributed by atoms with E-state index in [1.807, 2.05) is 6.92 Å². The van der Waals surface area contributed by atoms with E-state index in [1.165, 1.54) is 6.07 Å². The lowest BCUT2D eigenvalue weighted by molar-refractivity contribution is 0.100. The number of amides is 1. The van der Waals surface area contributed by atoms with Crippen LogP contribution in [0.5, 0.6) is 0 Å². The fourth-order valence-electron chi connectivity index (χ4n) is 1.60. The van der Waals surface area contributed by atoms with Gasteiger partial charge in [0.05, 0.1) is 17.9 Å². The molecule has 1 amide bonds. The number of rotatable bonds is 6. The quantitative estimate of drug-likeness (QED) is 0.669. The van der Waals surface area contributed by atoms with E-state index in [2.05, 4.69) is 5.32 Å². The van der Waals surface area contributed by atoms with Gasteiger partial charge in [-0.2, -0.15) is 0 Å². The molecule has 0 saturated heterocycles. The van der Waals surface area contributed by atoms with Crippen LogP contribution >= 0.6 is 0 Å². The molecule has 0 aliphatic carbocycles. The van der Waals surface area contributed by atoms with Crippen LogP contribution in [-0.4, -0.2) is 25.7 Å². The topological polar surface area (TPSA) is 90.4 Å². The summed E-state index contributed by atoms with van der Waals surface area (Å²) >= 11 is 0. The molecule has 0 bridgehead atoms. The summed E-state index contributed by atoms with van der Waals surface area (Å²) in [5.41, 5.74) is 11.0. The van der Waals surface area contributed by atoms with Crippen molar-refractivity contribution in [1.82, 2.24) is 0 Å². The van der Waals surface area contributed by atoms with Crippen molar-refractivity contribution in [3.63, 3.8) is 0 Å². The minimum Gasteiger partial charge on any atom is -0.398 e. The number of carbonyl (C=O) groups is 1. The van der Waals surface area contributed by atoms with Crippen molar-refractivity contribution in [3.8, 4) is 0 Å². The molecule has 0 saturated carbocycles. The van der Waals surface area contributed by atoms with Crippen molar-refractivity contribution in [2.45, 2.75) is 19.4 Å². The van der Waals surface area contributed by atoms with Gasteiger partial charge in [-0.1, -0.05) is 6.92 Å². The van der Waals surface area contributed by atoms with Crippen LogP contribution in [0.1, 0.15) is 23.7 Å². The van der Waals surface area contributed by atoms with Crippen molar-refractivity contribution in [2.24, 2.45) is 5.73 Å². The van der Waals surface area contributed by atoms with Gasteiger partial charge >= 0.3 is 0 Å². The maximum atomic E-state index is 13.7. The lowest BCUT2D eigenvalue weighted by Gasteiger charge is -2.18. The summed E-state index contributed by atoms with van der Waals surface area (Å²) in [4.78, 5) is 11.1. The molecule has 0 aliphatic rings. The highest BCUT2D eigenvalue weighted by molar-refractivity contribution is 5.99. The first kappa shape index (κ1) is 14.2. The van der Waals surface area contributed by atoms with Crippen LogP contribution in [0.15, 0.2) is 12.1 Å². The molecule has 5 N–H and O–H groups in total. The first-order valence-electron chi connectivity index (χ1n) is 5.63. The SMILES string of the molecule is CCC(COC)Nc1cc(C(N)=O)c(N)cc1F. The number of hydrogen-bond acceptors (Lipinski definition) is 4. The van der Waals surface area contributed by atoms with Crippen molar-refractivity contribution >= 4 is 17.3 Å². The molecule has 18 heavy (non-hydrogen) atoms. The number of carbonyl (C=O) groups excluding carboxylic acids is 1. The number of nitrogen functional groups attached to an aromatic ring is 1. The third kappa shape index (κ3) is 3.33. The van der Waals surface area contributed by atoms with Gasteiger partial charge in [0.25, 0.3) is 5.91 Å². The number of halogens is 1. The number of benzene rings is 1. The molecule has 5 nitrogen and oxygen atoms in total. The van der Waals surface area contributed by atoms with Gasteiger partial charge in [-0.3, -0.25) is 4.79 Å². The Hall–Kier alpha value is -1.82. The molecule has 6 heteroatoms. The van der Waals surface area contributed by atoms with E-state index in [9.17, 15) is 9.18 Å². The summed E-state index contributed by atoms with van der Waals surface area (Å²) in [6.45, 7) is 2.38. The first-order valence-corrected chi connectivity index (χ1v) is 5.63. The maximum absolute atomic E-state index is 13.7. The van der Waals surface area contributed by atoms with Crippen molar-refractivity contribution in [1.29, 1.82) is 0 Å². The Kier molecular flexibility index (Phi) is 4.91. The van der Waals surface area contributed by atoms with Gasteiger partial charge in [-0.05, 0) is 18.6 Å². The van der Waals surface area contributed by atoms with Gasteiger partial charge in [-0.15, -0.1) is 0 Å². The van der Waals surface area contributed by atoms with E-state index >= 15 is 0 Å². The lowest BCUT2D eigenvalue weighted by Crippen LogP contribution is -2.25. The van der Waals surface area contributed by atoms with Crippen LogP contribution in [0.3, 0.4) is 0 Å². The summed E-state index contributed by atoms with van der Waals surface area (Å²) in [6.07, 6.45) is 0.754. The highest BCUT2D eigenvalue weighted by Gasteiger charge is 2.14. The molecule has 0 fully saturated rings. The molecule has 1 aromatic carbocycles. The summed E-state index contributed by atoms with van der Waals surface area (Å²) in [5.74, 6) is -1.21. The molecule has 100 valence electrons. The second-order valence-corrected chi connectivity index (χ2v) is 3.99. The lowest BCUT2D eigenvalue weighted by atomic mass is 10.1. The number of hydrogen-bond donors (Lipinski definition) is 3. The summed E-state index contributed by atoms with van der Waals surface area (Å²) in [5, 5.41) is 2.96. The van der Waals surface area contributed by atoms with Crippen molar-refractivity contribution in [3.05, 3.63) is 23.5 Å². The van der Waals surface area contributed by atoms with Crippen LogP contribution in [0, 0.1) is 5.82 Å². The number of anilines is 2. The molecule has 1 atom stereocenters. The van der Waals surface area contributed by atoms with E-state index < -0.39 is 11.7 Å². The highest BCUT2D eigenvalue weighted by Crippen LogP contribution is 2.23. The minimum absolute atomic E-state index is 0.0327. The average molecular weight is 255 g/mol. The van der Waals surface area contributed by atoms with Gasteiger partial charge in [0, 0.05) is 18.8 Å². The Balaban J connectivity index is 3.01. The zero-order chi connectivity index (χ0) is 13.7. The van der Waals surface area contributed by atoms with Crippen LogP contribution in [0.25, 0.3) is 0 Å². The molecule has 1 rings (SSSR count). The molecular formula is C12H18FN3O2. The summed E-state index contributed by atoms with van der Waals surface area (Å²) < 4.78 is 18.7. The third-order valence-electron chi connectivity index (χ3n) is 2.62. The van der Waals surface area contributed by atoms with E-state index in [0.29, 0.717) is 6.61 Å². The number of ether oxygens (including phenoxy) is 1. The fraction of sp³-hybridized carbons (Fsp3) is 0.417. The molecule has 0 heterocycles. The number of nitrogens with two attached hydrogens (primary N) is 2. The van der Waals surface area contributed by atoms with Gasteiger partial charge in [-0.25, -0.2) is 4.39 Å². The predicted molar refractivity (Wildman–Crippen MR) is 68.9 cm³/mol. The zero-order valence-electron chi connectivity index (χ0n) is 10.5.